The zero-order valence-corrected chi connectivity index (χ0v) is 20.5. The van der Waals surface area contributed by atoms with Crippen LogP contribution in [-0.2, 0) is 10.8 Å². The van der Waals surface area contributed by atoms with Gasteiger partial charge in [0.15, 0.2) is 0 Å². The molecule has 0 aliphatic heterocycles. The van der Waals surface area contributed by atoms with Crippen molar-refractivity contribution in [3.05, 3.63) is 87.5 Å². The Kier molecular flexibility index (Phi) is 6.08. The Morgan fingerprint density at radius 1 is 0.594 bits per heavy atom. The summed E-state index contributed by atoms with van der Waals surface area (Å²) in [5.74, 6) is 0.288. The van der Waals surface area contributed by atoms with Crippen LogP contribution in [0.2, 0.25) is 0 Å². The van der Waals surface area contributed by atoms with Crippen molar-refractivity contribution in [3.8, 4) is 17.2 Å². The summed E-state index contributed by atoms with van der Waals surface area (Å²) in [6, 6.07) is 15.1. The lowest BCUT2D eigenvalue weighted by molar-refractivity contribution is 0.431. The van der Waals surface area contributed by atoms with Crippen LogP contribution in [0, 0.1) is 13.8 Å². The van der Waals surface area contributed by atoms with Gasteiger partial charge in [0.1, 0.15) is 17.2 Å². The summed E-state index contributed by atoms with van der Waals surface area (Å²) in [4.78, 5) is 0. The van der Waals surface area contributed by atoms with Crippen LogP contribution in [0.5, 0.6) is 17.2 Å². The fourth-order valence-corrected chi connectivity index (χ4v) is 4.39. The summed E-state index contributed by atoms with van der Waals surface area (Å²) in [6.07, 6.45) is 0. The highest BCUT2D eigenvalue weighted by molar-refractivity contribution is 5.60. The number of phenols is 3. The van der Waals surface area contributed by atoms with Crippen LogP contribution in [0.1, 0.15) is 86.4 Å². The molecule has 3 N–H and O–H groups in total. The molecular weight excluding hydrogens is 396 g/mol. The second kappa shape index (κ2) is 8.20. The fourth-order valence-electron chi connectivity index (χ4n) is 4.39. The number of benzene rings is 3. The fraction of sp³-hybridized carbons (Fsp3) is 0.379. The van der Waals surface area contributed by atoms with Crippen molar-refractivity contribution in [1.82, 2.24) is 0 Å². The number of rotatable bonds is 3. The zero-order chi connectivity index (χ0) is 24.0. The Bertz CT molecular complexity index is 1060. The van der Waals surface area contributed by atoms with Crippen LogP contribution in [-0.4, -0.2) is 15.3 Å². The predicted molar refractivity (Wildman–Crippen MR) is 132 cm³/mol. The van der Waals surface area contributed by atoms with Crippen LogP contribution in [0.25, 0.3) is 0 Å². The van der Waals surface area contributed by atoms with Crippen molar-refractivity contribution in [2.24, 2.45) is 0 Å². The summed E-state index contributed by atoms with van der Waals surface area (Å²) >= 11 is 0. The Hall–Kier alpha value is -2.94. The maximum atomic E-state index is 11.5. The Labute approximate surface area is 192 Å². The Morgan fingerprint density at radius 3 is 1.31 bits per heavy atom. The topological polar surface area (TPSA) is 60.7 Å². The minimum Gasteiger partial charge on any atom is -0.508 e. The predicted octanol–water partition coefficient (Wildman–Crippen LogP) is 7.20. The van der Waals surface area contributed by atoms with Gasteiger partial charge < -0.3 is 15.3 Å². The molecule has 3 rings (SSSR count). The monoisotopic (exact) mass is 432 g/mol. The molecule has 0 aliphatic rings. The van der Waals surface area contributed by atoms with Crippen LogP contribution in [0.15, 0.2) is 48.5 Å². The Morgan fingerprint density at radius 2 is 0.969 bits per heavy atom. The molecular formula is C29H36O3. The van der Waals surface area contributed by atoms with E-state index in [2.05, 4.69) is 41.5 Å². The van der Waals surface area contributed by atoms with Gasteiger partial charge in [-0.2, -0.15) is 0 Å². The van der Waals surface area contributed by atoms with E-state index in [0.29, 0.717) is 0 Å². The maximum Gasteiger partial charge on any atom is 0.123 e. The third-order valence-corrected chi connectivity index (χ3v) is 6.03. The summed E-state index contributed by atoms with van der Waals surface area (Å²) in [6.45, 7) is 16.6. The van der Waals surface area contributed by atoms with Crippen LogP contribution in [0.3, 0.4) is 0 Å². The molecule has 0 radical (unpaired) electrons. The zero-order valence-electron chi connectivity index (χ0n) is 20.5. The van der Waals surface area contributed by atoms with E-state index in [0.717, 1.165) is 38.9 Å². The SMILES string of the molecule is Cc1cc(C(c2ccc(O)cc2)c2cc(C)cc(C(C)(C)C)c2O)c(O)c(C(C)(C)C)c1. The molecule has 3 nitrogen and oxygen atoms in total. The summed E-state index contributed by atoms with van der Waals surface area (Å²) < 4.78 is 0. The van der Waals surface area contributed by atoms with E-state index < -0.39 is 5.92 Å². The van der Waals surface area contributed by atoms with E-state index >= 15 is 0 Å². The lowest BCUT2D eigenvalue weighted by Crippen LogP contribution is -2.16. The molecule has 0 spiro atoms. The van der Waals surface area contributed by atoms with E-state index in [1.165, 1.54) is 0 Å². The molecule has 0 aromatic heterocycles. The molecule has 3 heteroatoms. The molecule has 0 unspecified atom stereocenters. The van der Waals surface area contributed by atoms with Crippen LogP contribution in [0.4, 0.5) is 0 Å². The largest absolute Gasteiger partial charge is 0.508 e. The number of phenolic OH excluding ortho intramolecular Hbond substituents is 3. The van der Waals surface area contributed by atoms with Gasteiger partial charge in [-0.05, 0) is 53.5 Å². The van der Waals surface area contributed by atoms with Crippen molar-refractivity contribution in [2.75, 3.05) is 0 Å². The molecule has 0 atom stereocenters. The smallest absolute Gasteiger partial charge is 0.123 e. The number of aryl methyl sites for hydroxylation is 2. The first kappa shape index (κ1) is 23.7. The molecule has 32 heavy (non-hydrogen) atoms. The Balaban J connectivity index is 2.41. The molecule has 0 saturated heterocycles. The van der Waals surface area contributed by atoms with Gasteiger partial charge in [0, 0.05) is 17.0 Å². The molecule has 0 amide bonds. The van der Waals surface area contributed by atoms with Crippen molar-refractivity contribution >= 4 is 0 Å². The van der Waals surface area contributed by atoms with Crippen LogP contribution < -0.4 is 0 Å². The molecule has 170 valence electrons. The van der Waals surface area contributed by atoms with Crippen molar-refractivity contribution < 1.29 is 15.3 Å². The molecule has 3 aromatic rings. The number of hydrogen-bond donors (Lipinski definition) is 3. The second-order valence-electron chi connectivity index (χ2n) is 11.0. The van der Waals surface area contributed by atoms with E-state index in [1.54, 1.807) is 12.1 Å². The maximum absolute atomic E-state index is 11.5. The van der Waals surface area contributed by atoms with Gasteiger partial charge in [-0.15, -0.1) is 0 Å². The van der Waals surface area contributed by atoms with Crippen molar-refractivity contribution in [1.29, 1.82) is 0 Å². The lowest BCUT2D eigenvalue weighted by Gasteiger charge is -2.29. The first-order chi connectivity index (χ1) is 14.7. The minimum atomic E-state index is -0.391. The average Bonchev–Trinajstić information content (AvgIpc) is 2.66. The summed E-state index contributed by atoms with van der Waals surface area (Å²) in [7, 11) is 0. The van der Waals surface area contributed by atoms with Gasteiger partial charge in [0.25, 0.3) is 0 Å². The van der Waals surface area contributed by atoms with Crippen LogP contribution >= 0.6 is 0 Å². The van der Waals surface area contributed by atoms with Gasteiger partial charge in [0.05, 0.1) is 0 Å². The third-order valence-electron chi connectivity index (χ3n) is 6.03. The third kappa shape index (κ3) is 4.62. The number of hydrogen-bond acceptors (Lipinski definition) is 3. The highest BCUT2D eigenvalue weighted by Gasteiger charge is 2.30. The highest BCUT2D eigenvalue weighted by atomic mass is 16.3. The highest BCUT2D eigenvalue weighted by Crippen LogP contribution is 2.47. The molecule has 0 aliphatic carbocycles. The van der Waals surface area contributed by atoms with Gasteiger partial charge in [-0.1, -0.05) is 89.1 Å². The lowest BCUT2D eigenvalue weighted by atomic mass is 9.76. The molecule has 0 saturated carbocycles. The van der Waals surface area contributed by atoms with Crippen molar-refractivity contribution in [3.63, 3.8) is 0 Å². The molecule has 0 fully saturated rings. The first-order valence-corrected chi connectivity index (χ1v) is 11.2. The molecule has 3 aromatic carbocycles. The standard InChI is InChI=1S/C29H36O3/c1-17-13-21(26(31)23(15-17)28(3,4)5)25(19-9-11-20(30)12-10-19)22-14-18(2)16-24(27(22)32)29(6,7)8/h9-16,25,30-32H,1-8H3. The van der Waals surface area contributed by atoms with E-state index in [-0.39, 0.29) is 28.1 Å². The summed E-state index contributed by atoms with van der Waals surface area (Å²) in [5, 5.41) is 32.8. The van der Waals surface area contributed by atoms with Crippen molar-refractivity contribution in [2.45, 2.75) is 72.1 Å². The van der Waals surface area contributed by atoms with E-state index in [1.807, 2.05) is 50.2 Å². The molecule has 0 bridgehead atoms. The average molecular weight is 433 g/mol. The van der Waals surface area contributed by atoms with E-state index in [4.69, 9.17) is 0 Å². The van der Waals surface area contributed by atoms with E-state index in [9.17, 15) is 15.3 Å². The molecule has 0 heterocycles. The number of aromatic hydroxyl groups is 3. The van der Waals surface area contributed by atoms with Gasteiger partial charge in [-0.25, -0.2) is 0 Å². The van der Waals surface area contributed by atoms with Gasteiger partial charge in [0.2, 0.25) is 0 Å². The minimum absolute atomic E-state index is 0.181. The second-order valence-corrected chi connectivity index (χ2v) is 11.0. The quantitative estimate of drug-likeness (QED) is 0.384. The van der Waals surface area contributed by atoms with Gasteiger partial charge >= 0.3 is 0 Å². The normalized spacial score (nSPS) is 12.4. The van der Waals surface area contributed by atoms with Gasteiger partial charge in [-0.3, -0.25) is 0 Å². The first-order valence-electron chi connectivity index (χ1n) is 11.2. The summed E-state index contributed by atoms with van der Waals surface area (Å²) in [5.41, 5.74) is 5.76.